The highest BCUT2D eigenvalue weighted by molar-refractivity contribution is 5.78. The van der Waals surface area contributed by atoms with Gasteiger partial charge in [-0.2, -0.15) is 0 Å². The third-order valence-electron chi connectivity index (χ3n) is 6.71. The van der Waals surface area contributed by atoms with E-state index < -0.39 is 0 Å². The van der Waals surface area contributed by atoms with Crippen molar-refractivity contribution in [3.05, 3.63) is 18.0 Å². The number of hydrogen-bond acceptors (Lipinski definition) is 5. The Kier molecular flexibility index (Phi) is 6.78. The number of rotatable bonds is 7. The highest BCUT2D eigenvalue weighted by atomic mass is 16.1. The van der Waals surface area contributed by atoms with Gasteiger partial charge in [0.2, 0.25) is 11.9 Å². The highest BCUT2D eigenvalue weighted by Gasteiger charge is 2.25. The quantitative estimate of drug-likeness (QED) is 0.781. The van der Waals surface area contributed by atoms with Gasteiger partial charge in [-0.1, -0.05) is 19.3 Å². The van der Waals surface area contributed by atoms with E-state index >= 15 is 0 Å². The van der Waals surface area contributed by atoms with Crippen LogP contribution in [-0.4, -0.2) is 53.0 Å². The van der Waals surface area contributed by atoms with Crippen LogP contribution in [0, 0.1) is 5.92 Å². The highest BCUT2D eigenvalue weighted by Crippen LogP contribution is 2.25. The molecule has 1 aromatic rings. The largest absolute Gasteiger partial charge is 0.356 e. The first kappa shape index (κ1) is 19.6. The number of aromatic nitrogens is 2. The topological polar surface area (TPSA) is 61.4 Å². The van der Waals surface area contributed by atoms with E-state index in [1.807, 2.05) is 6.20 Å². The zero-order valence-corrected chi connectivity index (χ0v) is 17.1. The van der Waals surface area contributed by atoms with Crippen LogP contribution >= 0.6 is 0 Å². The fourth-order valence-electron chi connectivity index (χ4n) is 5.04. The average molecular weight is 386 g/mol. The van der Waals surface area contributed by atoms with E-state index in [4.69, 9.17) is 4.98 Å². The zero-order chi connectivity index (χ0) is 19.2. The maximum atomic E-state index is 12.3. The maximum Gasteiger partial charge on any atom is 0.225 e. The van der Waals surface area contributed by atoms with Gasteiger partial charge in [0, 0.05) is 44.3 Å². The fraction of sp³-hybridized carbons (Fsp3) is 0.773. The van der Waals surface area contributed by atoms with Gasteiger partial charge in [-0.25, -0.2) is 9.97 Å². The lowest BCUT2D eigenvalue weighted by Gasteiger charge is -2.35. The van der Waals surface area contributed by atoms with Crippen LogP contribution in [0.4, 0.5) is 5.95 Å². The normalized spacial score (nSPS) is 24.0. The molecule has 2 saturated heterocycles. The predicted octanol–water partition coefficient (Wildman–Crippen LogP) is 3.13. The molecule has 3 fully saturated rings. The van der Waals surface area contributed by atoms with E-state index in [0.29, 0.717) is 6.04 Å². The number of likely N-dealkylation sites (tertiary alicyclic amines) is 1. The number of nitrogens with zero attached hydrogens (tertiary/aromatic N) is 4. The average Bonchev–Trinajstić information content (AvgIpc) is 3.44. The number of piperidine rings is 1. The van der Waals surface area contributed by atoms with Gasteiger partial charge in [0.15, 0.2) is 0 Å². The van der Waals surface area contributed by atoms with Crippen molar-refractivity contribution in [1.82, 2.24) is 20.2 Å². The van der Waals surface area contributed by atoms with Gasteiger partial charge in [0.25, 0.3) is 0 Å². The maximum absolute atomic E-state index is 12.3. The van der Waals surface area contributed by atoms with Crippen molar-refractivity contribution < 1.29 is 4.79 Å². The molecule has 1 amide bonds. The van der Waals surface area contributed by atoms with E-state index in [0.717, 1.165) is 63.6 Å². The Labute approximate surface area is 169 Å². The summed E-state index contributed by atoms with van der Waals surface area (Å²) in [5.74, 6) is 1.45. The minimum absolute atomic E-state index is 0.271. The molecule has 3 aliphatic rings. The molecule has 28 heavy (non-hydrogen) atoms. The second kappa shape index (κ2) is 9.68. The molecule has 6 heteroatoms. The van der Waals surface area contributed by atoms with Crippen LogP contribution < -0.4 is 10.2 Å². The first-order valence-electron chi connectivity index (χ1n) is 11.4. The third kappa shape index (κ3) is 5.02. The summed E-state index contributed by atoms with van der Waals surface area (Å²) in [7, 11) is 0. The van der Waals surface area contributed by atoms with Crippen molar-refractivity contribution in [2.24, 2.45) is 5.92 Å². The van der Waals surface area contributed by atoms with E-state index in [1.54, 1.807) is 0 Å². The smallest absolute Gasteiger partial charge is 0.225 e. The van der Waals surface area contributed by atoms with Gasteiger partial charge >= 0.3 is 0 Å². The van der Waals surface area contributed by atoms with Gasteiger partial charge in [-0.3, -0.25) is 9.69 Å². The molecule has 0 bridgehead atoms. The summed E-state index contributed by atoms with van der Waals surface area (Å²) in [6.07, 6.45) is 13.8. The van der Waals surface area contributed by atoms with Crippen molar-refractivity contribution in [3.63, 3.8) is 0 Å². The van der Waals surface area contributed by atoms with E-state index in [1.165, 1.54) is 44.9 Å². The minimum Gasteiger partial charge on any atom is -0.356 e. The van der Waals surface area contributed by atoms with Crippen LogP contribution in [0.5, 0.6) is 0 Å². The Bertz CT molecular complexity index is 640. The standard InChI is InChI=1S/C22H35N5O/c28-21(18-7-1-2-8-18)23-13-11-20-9-3-4-16-27(20)17-19-10-12-24-22(25-19)26-14-5-6-15-26/h10,12,18,20H,1-9,11,13-17H2,(H,23,28)/t20-/m0/s1. The van der Waals surface area contributed by atoms with Crippen molar-refractivity contribution in [3.8, 4) is 0 Å². The molecular weight excluding hydrogens is 350 g/mol. The lowest BCUT2D eigenvalue weighted by Crippen LogP contribution is -2.42. The van der Waals surface area contributed by atoms with Crippen molar-refractivity contribution >= 4 is 11.9 Å². The van der Waals surface area contributed by atoms with Crippen LogP contribution in [-0.2, 0) is 11.3 Å². The second-order valence-corrected chi connectivity index (χ2v) is 8.72. The molecule has 2 aliphatic heterocycles. The summed E-state index contributed by atoms with van der Waals surface area (Å²) >= 11 is 0. The van der Waals surface area contributed by atoms with Crippen molar-refractivity contribution in [2.75, 3.05) is 31.1 Å². The number of carbonyl (C=O) groups is 1. The van der Waals surface area contributed by atoms with Gasteiger partial charge in [0.05, 0.1) is 5.69 Å². The molecule has 0 radical (unpaired) electrons. The third-order valence-corrected chi connectivity index (χ3v) is 6.71. The molecule has 3 heterocycles. The second-order valence-electron chi connectivity index (χ2n) is 8.72. The summed E-state index contributed by atoms with van der Waals surface area (Å²) in [5, 5.41) is 3.20. The van der Waals surface area contributed by atoms with Gasteiger partial charge < -0.3 is 10.2 Å². The van der Waals surface area contributed by atoms with Crippen LogP contribution in [0.3, 0.4) is 0 Å². The molecule has 154 valence electrons. The Balaban J connectivity index is 1.29. The number of anilines is 1. The molecule has 1 aromatic heterocycles. The summed E-state index contributed by atoms with van der Waals surface area (Å²) in [6.45, 7) is 4.99. The van der Waals surface area contributed by atoms with Gasteiger partial charge in [-0.05, 0) is 57.6 Å². The SMILES string of the molecule is O=C(NCC[C@@H]1CCCCN1Cc1ccnc(N2CCCC2)n1)C1CCCC1. The van der Waals surface area contributed by atoms with Gasteiger partial charge in [0.1, 0.15) is 0 Å². The first-order valence-corrected chi connectivity index (χ1v) is 11.4. The van der Waals surface area contributed by atoms with E-state index in [9.17, 15) is 4.79 Å². The Morgan fingerprint density at radius 1 is 1.04 bits per heavy atom. The lowest BCUT2D eigenvalue weighted by molar-refractivity contribution is -0.124. The molecule has 6 nitrogen and oxygen atoms in total. The minimum atomic E-state index is 0.271. The molecule has 0 unspecified atom stereocenters. The number of hydrogen-bond donors (Lipinski definition) is 1. The first-order chi connectivity index (χ1) is 13.8. The van der Waals surface area contributed by atoms with E-state index in [-0.39, 0.29) is 11.8 Å². The zero-order valence-electron chi connectivity index (χ0n) is 17.1. The number of carbonyl (C=O) groups excluding carboxylic acids is 1. The summed E-state index contributed by atoms with van der Waals surface area (Å²) in [4.78, 5) is 26.5. The van der Waals surface area contributed by atoms with Gasteiger partial charge in [-0.15, -0.1) is 0 Å². The van der Waals surface area contributed by atoms with Crippen LogP contribution in [0.25, 0.3) is 0 Å². The lowest BCUT2D eigenvalue weighted by atomic mass is 9.98. The Morgan fingerprint density at radius 3 is 2.61 bits per heavy atom. The fourth-order valence-corrected chi connectivity index (χ4v) is 5.04. The van der Waals surface area contributed by atoms with E-state index in [2.05, 4.69) is 26.2 Å². The molecule has 1 atom stereocenters. The van der Waals surface area contributed by atoms with Crippen LogP contribution in [0.15, 0.2) is 12.3 Å². The molecule has 0 aromatic carbocycles. The molecular formula is C22H35N5O. The summed E-state index contributed by atoms with van der Waals surface area (Å²) in [6, 6.07) is 2.61. The summed E-state index contributed by atoms with van der Waals surface area (Å²) in [5.41, 5.74) is 1.12. The monoisotopic (exact) mass is 385 g/mol. The number of nitrogens with one attached hydrogen (secondary N) is 1. The molecule has 1 N–H and O–H groups in total. The molecule has 1 aliphatic carbocycles. The molecule has 4 rings (SSSR count). The number of amides is 1. The molecule has 0 spiro atoms. The molecule has 1 saturated carbocycles. The Hall–Kier alpha value is -1.69. The predicted molar refractivity (Wildman–Crippen MR) is 111 cm³/mol. The van der Waals surface area contributed by atoms with Crippen LogP contribution in [0.2, 0.25) is 0 Å². The summed E-state index contributed by atoms with van der Waals surface area (Å²) < 4.78 is 0. The van der Waals surface area contributed by atoms with Crippen molar-refractivity contribution in [2.45, 2.75) is 76.8 Å². The van der Waals surface area contributed by atoms with Crippen molar-refractivity contribution in [1.29, 1.82) is 0 Å². The Morgan fingerprint density at radius 2 is 1.79 bits per heavy atom. The van der Waals surface area contributed by atoms with Crippen LogP contribution in [0.1, 0.15) is 69.9 Å².